The summed E-state index contributed by atoms with van der Waals surface area (Å²) < 4.78 is 0. The van der Waals surface area contributed by atoms with Gasteiger partial charge in [-0.1, -0.05) is 19.1 Å². The zero-order chi connectivity index (χ0) is 12.8. The van der Waals surface area contributed by atoms with Crippen LogP contribution in [-0.2, 0) is 0 Å². The summed E-state index contributed by atoms with van der Waals surface area (Å²) in [6.45, 7) is 3.92. The molecule has 0 aliphatic heterocycles. The third-order valence-corrected chi connectivity index (χ3v) is 2.65. The van der Waals surface area contributed by atoms with Gasteiger partial charge in [0.15, 0.2) is 0 Å². The molecule has 0 radical (unpaired) electrons. The summed E-state index contributed by atoms with van der Waals surface area (Å²) in [5.74, 6) is 0. The molecule has 2 atom stereocenters. The molecule has 0 saturated heterocycles. The van der Waals surface area contributed by atoms with Crippen LogP contribution in [0.4, 0.5) is 5.69 Å². The van der Waals surface area contributed by atoms with Crippen molar-refractivity contribution in [2.75, 3.05) is 6.61 Å². The Morgan fingerprint density at radius 2 is 2.24 bits per heavy atom. The molecular formula is C12H18N2O3. The van der Waals surface area contributed by atoms with E-state index in [1.807, 2.05) is 19.9 Å². The number of nitro benzene ring substituents is 1. The van der Waals surface area contributed by atoms with Crippen molar-refractivity contribution in [1.29, 1.82) is 0 Å². The normalized spacial score (nSPS) is 14.3. The predicted molar refractivity (Wildman–Crippen MR) is 65.8 cm³/mol. The standard InChI is InChI=1S/C12H18N2O3/c1-3-12(13-9(2)8-15)10-5-4-6-11(7-10)14(16)17/h4-7,9,12-13,15H,3,8H2,1-2H3. The van der Waals surface area contributed by atoms with Crippen LogP contribution in [0.2, 0.25) is 0 Å². The second-order valence-corrected chi connectivity index (χ2v) is 4.06. The zero-order valence-electron chi connectivity index (χ0n) is 10.1. The smallest absolute Gasteiger partial charge is 0.269 e. The lowest BCUT2D eigenvalue weighted by Crippen LogP contribution is -2.32. The Labute approximate surface area is 101 Å². The minimum atomic E-state index is -0.397. The quantitative estimate of drug-likeness (QED) is 0.587. The van der Waals surface area contributed by atoms with Gasteiger partial charge in [0.05, 0.1) is 11.5 Å². The van der Waals surface area contributed by atoms with E-state index in [2.05, 4.69) is 5.32 Å². The summed E-state index contributed by atoms with van der Waals surface area (Å²) in [5.41, 5.74) is 0.974. The number of nitro groups is 1. The monoisotopic (exact) mass is 238 g/mol. The maximum atomic E-state index is 10.7. The van der Waals surface area contributed by atoms with E-state index in [1.165, 1.54) is 6.07 Å². The SMILES string of the molecule is CCC(NC(C)CO)c1cccc([N+](=O)[O-])c1. The van der Waals surface area contributed by atoms with E-state index >= 15 is 0 Å². The molecular weight excluding hydrogens is 220 g/mol. The number of nitrogens with zero attached hydrogens (tertiary/aromatic N) is 1. The minimum Gasteiger partial charge on any atom is -0.395 e. The van der Waals surface area contributed by atoms with Crippen molar-refractivity contribution in [3.05, 3.63) is 39.9 Å². The summed E-state index contributed by atoms with van der Waals surface area (Å²) in [6.07, 6.45) is 0.811. The van der Waals surface area contributed by atoms with E-state index in [0.717, 1.165) is 12.0 Å². The van der Waals surface area contributed by atoms with Crippen LogP contribution in [0, 0.1) is 10.1 Å². The van der Waals surface area contributed by atoms with Crippen LogP contribution in [0.25, 0.3) is 0 Å². The molecule has 0 amide bonds. The van der Waals surface area contributed by atoms with Crippen LogP contribution in [0.5, 0.6) is 0 Å². The molecule has 94 valence electrons. The largest absolute Gasteiger partial charge is 0.395 e. The first kappa shape index (κ1) is 13.6. The van der Waals surface area contributed by atoms with Gasteiger partial charge in [0.2, 0.25) is 0 Å². The molecule has 0 heterocycles. The van der Waals surface area contributed by atoms with Gasteiger partial charge in [-0.05, 0) is 18.9 Å². The fourth-order valence-corrected chi connectivity index (χ4v) is 1.70. The Balaban J connectivity index is 2.88. The Bertz CT molecular complexity index is 382. The fraction of sp³-hybridized carbons (Fsp3) is 0.500. The Hall–Kier alpha value is -1.46. The Kier molecular flexibility index (Phi) is 5.06. The van der Waals surface area contributed by atoms with Gasteiger partial charge in [-0.25, -0.2) is 0 Å². The molecule has 1 aromatic carbocycles. The summed E-state index contributed by atoms with van der Waals surface area (Å²) in [4.78, 5) is 10.3. The van der Waals surface area contributed by atoms with E-state index in [-0.39, 0.29) is 24.4 Å². The van der Waals surface area contributed by atoms with Crippen LogP contribution >= 0.6 is 0 Å². The van der Waals surface area contributed by atoms with E-state index in [4.69, 9.17) is 5.11 Å². The first-order valence-corrected chi connectivity index (χ1v) is 5.69. The molecule has 2 unspecified atom stereocenters. The molecule has 0 spiro atoms. The van der Waals surface area contributed by atoms with Crippen molar-refractivity contribution >= 4 is 5.69 Å². The molecule has 0 aliphatic rings. The van der Waals surface area contributed by atoms with Crippen molar-refractivity contribution < 1.29 is 10.0 Å². The summed E-state index contributed by atoms with van der Waals surface area (Å²) in [6, 6.07) is 6.59. The molecule has 0 aromatic heterocycles. The topological polar surface area (TPSA) is 75.4 Å². The maximum Gasteiger partial charge on any atom is 0.269 e. The lowest BCUT2D eigenvalue weighted by atomic mass is 10.0. The minimum absolute atomic E-state index is 0.0250. The lowest BCUT2D eigenvalue weighted by molar-refractivity contribution is -0.384. The number of aliphatic hydroxyl groups excluding tert-OH is 1. The highest BCUT2D eigenvalue weighted by Gasteiger charge is 2.14. The number of benzene rings is 1. The van der Waals surface area contributed by atoms with Gasteiger partial charge in [-0.3, -0.25) is 10.1 Å². The van der Waals surface area contributed by atoms with Gasteiger partial charge in [0, 0.05) is 24.2 Å². The van der Waals surface area contributed by atoms with Crippen molar-refractivity contribution in [3.63, 3.8) is 0 Å². The highest BCUT2D eigenvalue weighted by molar-refractivity contribution is 5.35. The van der Waals surface area contributed by atoms with Crippen LogP contribution in [0.1, 0.15) is 31.9 Å². The van der Waals surface area contributed by atoms with E-state index in [0.29, 0.717) is 0 Å². The molecule has 5 nitrogen and oxygen atoms in total. The van der Waals surface area contributed by atoms with E-state index < -0.39 is 4.92 Å². The fourth-order valence-electron chi connectivity index (χ4n) is 1.70. The van der Waals surface area contributed by atoms with Crippen molar-refractivity contribution in [2.24, 2.45) is 0 Å². The summed E-state index contributed by atoms with van der Waals surface area (Å²) in [5, 5.41) is 22.9. The van der Waals surface area contributed by atoms with Gasteiger partial charge in [-0.15, -0.1) is 0 Å². The highest BCUT2D eigenvalue weighted by Crippen LogP contribution is 2.21. The molecule has 1 aromatic rings. The van der Waals surface area contributed by atoms with Crippen LogP contribution in [0.3, 0.4) is 0 Å². The number of nitrogens with one attached hydrogen (secondary N) is 1. The number of aliphatic hydroxyl groups is 1. The van der Waals surface area contributed by atoms with Gasteiger partial charge in [0.1, 0.15) is 0 Å². The van der Waals surface area contributed by atoms with E-state index in [9.17, 15) is 10.1 Å². The van der Waals surface area contributed by atoms with Gasteiger partial charge in [0.25, 0.3) is 5.69 Å². The number of hydrogen-bond donors (Lipinski definition) is 2. The summed E-state index contributed by atoms with van der Waals surface area (Å²) in [7, 11) is 0. The second-order valence-electron chi connectivity index (χ2n) is 4.06. The van der Waals surface area contributed by atoms with Crippen LogP contribution in [-0.4, -0.2) is 22.7 Å². The van der Waals surface area contributed by atoms with Crippen molar-refractivity contribution in [1.82, 2.24) is 5.32 Å². The lowest BCUT2D eigenvalue weighted by Gasteiger charge is -2.21. The first-order chi connectivity index (χ1) is 8.08. The predicted octanol–water partition coefficient (Wildman–Crippen LogP) is 2.02. The average molecular weight is 238 g/mol. The number of rotatable bonds is 6. The van der Waals surface area contributed by atoms with Gasteiger partial charge < -0.3 is 10.4 Å². The second kappa shape index (κ2) is 6.32. The van der Waals surface area contributed by atoms with Crippen LogP contribution < -0.4 is 5.32 Å². The molecule has 1 rings (SSSR count). The molecule has 0 saturated carbocycles. The molecule has 0 fully saturated rings. The Morgan fingerprint density at radius 1 is 1.53 bits per heavy atom. The van der Waals surface area contributed by atoms with Gasteiger partial charge >= 0.3 is 0 Å². The van der Waals surface area contributed by atoms with E-state index in [1.54, 1.807) is 12.1 Å². The maximum absolute atomic E-state index is 10.7. The molecule has 0 aliphatic carbocycles. The highest BCUT2D eigenvalue weighted by atomic mass is 16.6. The van der Waals surface area contributed by atoms with Crippen molar-refractivity contribution in [2.45, 2.75) is 32.4 Å². The average Bonchev–Trinajstić information content (AvgIpc) is 2.35. The third-order valence-electron chi connectivity index (χ3n) is 2.65. The molecule has 17 heavy (non-hydrogen) atoms. The molecule has 5 heteroatoms. The number of hydrogen-bond acceptors (Lipinski definition) is 4. The Morgan fingerprint density at radius 3 is 2.76 bits per heavy atom. The number of non-ortho nitro benzene ring substituents is 1. The summed E-state index contributed by atoms with van der Waals surface area (Å²) >= 11 is 0. The van der Waals surface area contributed by atoms with Crippen LogP contribution in [0.15, 0.2) is 24.3 Å². The molecule has 0 bridgehead atoms. The third kappa shape index (κ3) is 3.80. The zero-order valence-corrected chi connectivity index (χ0v) is 10.1. The van der Waals surface area contributed by atoms with Gasteiger partial charge in [-0.2, -0.15) is 0 Å². The van der Waals surface area contributed by atoms with Crippen molar-refractivity contribution in [3.8, 4) is 0 Å². The first-order valence-electron chi connectivity index (χ1n) is 5.69. The molecule has 2 N–H and O–H groups in total.